The Morgan fingerprint density at radius 2 is 2.20 bits per heavy atom. The van der Waals surface area contributed by atoms with Crippen LogP contribution in [0.15, 0.2) is 12.3 Å². The molecule has 0 atom stereocenters. The van der Waals surface area contributed by atoms with E-state index in [1.165, 1.54) is 0 Å². The topological polar surface area (TPSA) is 49.2 Å². The normalized spacial score (nSPS) is 10.3. The first-order valence-electron chi connectivity index (χ1n) is 5.49. The maximum atomic E-state index is 8.98. The molecule has 84 valence electrons. The van der Waals surface area contributed by atoms with E-state index in [0.717, 1.165) is 31.9 Å². The number of unbranched alkanes of at least 4 members (excludes halogenated alkanes) is 1. The molecule has 0 spiro atoms. The molecule has 1 aromatic heterocycles. The van der Waals surface area contributed by atoms with Gasteiger partial charge in [0.05, 0.1) is 12.3 Å². The van der Waals surface area contributed by atoms with Gasteiger partial charge in [-0.15, -0.1) is 0 Å². The zero-order valence-corrected chi connectivity index (χ0v) is 9.48. The van der Waals surface area contributed by atoms with E-state index in [-0.39, 0.29) is 6.61 Å². The van der Waals surface area contributed by atoms with Gasteiger partial charge in [0, 0.05) is 19.3 Å². The van der Waals surface area contributed by atoms with Crippen LogP contribution in [0.2, 0.25) is 0 Å². The quantitative estimate of drug-likeness (QED) is 0.773. The van der Waals surface area contributed by atoms with Crippen molar-refractivity contribution >= 4 is 5.95 Å². The maximum Gasteiger partial charge on any atom is 0.225 e. The molecule has 0 aromatic carbocycles. The standard InChI is InChI=1S/C11H19N3O/c1-3-5-8-14(4-2)11-12-7-6-10(9-15)13-11/h6-7,15H,3-5,8-9H2,1-2H3. The lowest BCUT2D eigenvalue weighted by molar-refractivity contribution is 0.276. The number of nitrogens with zero attached hydrogens (tertiary/aromatic N) is 3. The van der Waals surface area contributed by atoms with Gasteiger partial charge in [-0.2, -0.15) is 0 Å². The van der Waals surface area contributed by atoms with Crippen LogP contribution in [0.25, 0.3) is 0 Å². The van der Waals surface area contributed by atoms with Crippen LogP contribution in [0.3, 0.4) is 0 Å². The van der Waals surface area contributed by atoms with E-state index in [1.54, 1.807) is 12.3 Å². The van der Waals surface area contributed by atoms with Crippen molar-refractivity contribution in [3.05, 3.63) is 18.0 Å². The second-order valence-corrected chi connectivity index (χ2v) is 3.44. The van der Waals surface area contributed by atoms with Crippen LogP contribution in [0.4, 0.5) is 5.95 Å². The number of aliphatic hydroxyl groups excluding tert-OH is 1. The number of aliphatic hydroxyl groups is 1. The molecule has 1 heterocycles. The lowest BCUT2D eigenvalue weighted by Crippen LogP contribution is -2.26. The first kappa shape index (κ1) is 11.9. The van der Waals surface area contributed by atoms with Crippen LogP contribution in [0, 0.1) is 0 Å². The summed E-state index contributed by atoms with van der Waals surface area (Å²) in [5, 5.41) is 8.98. The molecule has 0 aliphatic heterocycles. The van der Waals surface area contributed by atoms with Crippen LogP contribution in [0.1, 0.15) is 32.4 Å². The van der Waals surface area contributed by atoms with E-state index >= 15 is 0 Å². The molecule has 0 fully saturated rings. The van der Waals surface area contributed by atoms with Gasteiger partial charge in [-0.1, -0.05) is 13.3 Å². The van der Waals surface area contributed by atoms with Gasteiger partial charge in [-0.25, -0.2) is 9.97 Å². The Bertz CT molecular complexity index is 291. The molecule has 1 N–H and O–H groups in total. The molecular formula is C11H19N3O. The highest BCUT2D eigenvalue weighted by atomic mass is 16.3. The van der Waals surface area contributed by atoms with Gasteiger partial charge in [0.1, 0.15) is 0 Å². The van der Waals surface area contributed by atoms with E-state index in [9.17, 15) is 0 Å². The van der Waals surface area contributed by atoms with Crippen LogP contribution >= 0.6 is 0 Å². The van der Waals surface area contributed by atoms with Gasteiger partial charge in [0.15, 0.2) is 0 Å². The van der Waals surface area contributed by atoms with Crippen LogP contribution in [0.5, 0.6) is 0 Å². The van der Waals surface area contributed by atoms with E-state index in [2.05, 4.69) is 28.7 Å². The van der Waals surface area contributed by atoms with Crippen molar-refractivity contribution in [3.8, 4) is 0 Å². The molecule has 1 aromatic rings. The second kappa shape index (κ2) is 6.35. The summed E-state index contributed by atoms with van der Waals surface area (Å²) in [6.45, 7) is 6.10. The highest BCUT2D eigenvalue weighted by Crippen LogP contribution is 2.08. The number of anilines is 1. The van der Waals surface area contributed by atoms with Crippen LogP contribution < -0.4 is 4.90 Å². The molecule has 0 saturated carbocycles. The summed E-state index contributed by atoms with van der Waals surface area (Å²) in [4.78, 5) is 10.6. The monoisotopic (exact) mass is 209 g/mol. The van der Waals surface area contributed by atoms with E-state index in [1.807, 2.05) is 0 Å². The van der Waals surface area contributed by atoms with Crippen molar-refractivity contribution in [1.29, 1.82) is 0 Å². The SMILES string of the molecule is CCCCN(CC)c1nccc(CO)n1. The summed E-state index contributed by atoms with van der Waals surface area (Å²) in [5.41, 5.74) is 0.676. The lowest BCUT2D eigenvalue weighted by Gasteiger charge is -2.20. The number of hydrogen-bond acceptors (Lipinski definition) is 4. The zero-order valence-electron chi connectivity index (χ0n) is 9.48. The van der Waals surface area contributed by atoms with Crippen molar-refractivity contribution in [2.45, 2.75) is 33.3 Å². The number of rotatable bonds is 6. The van der Waals surface area contributed by atoms with E-state index in [4.69, 9.17) is 5.11 Å². The van der Waals surface area contributed by atoms with Gasteiger partial charge < -0.3 is 10.0 Å². The molecule has 0 unspecified atom stereocenters. The summed E-state index contributed by atoms with van der Waals surface area (Å²) >= 11 is 0. The third-order valence-corrected chi connectivity index (χ3v) is 2.31. The molecule has 0 aliphatic rings. The maximum absolute atomic E-state index is 8.98. The van der Waals surface area contributed by atoms with E-state index in [0.29, 0.717) is 5.69 Å². The largest absolute Gasteiger partial charge is 0.390 e. The first-order chi connectivity index (χ1) is 7.31. The average molecular weight is 209 g/mol. The summed E-state index contributed by atoms with van der Waals surface area (Å²) in [5.74, 6) is 0.720. The Kier molecular flexibility index (Phi) is 5.04. The summed E-state index contributed by atoms with van der Waals surface area (Å²) < 4.78 is 0. The predicted octanol–water partition coefficient (Wildman–Crippen LogP) is 1.60. The molecule has 0 aliphatic carbocycles. The molecule has 0 bridgehead atoms. The minimum absolute atomic E-state index is 0.0269. The van der Waals surface area contributed by atoms with Crippen molar-refractivity contribution in [3.63, 3.8) is 0 Å². The van der Waals surface area contributed by atoms with Crippen molar-refractivity contribution in [1.82, 2.24) is 9.97 Å². The van der Waals surface area contributed by atoms with Gasteiger partial charge in [-0.05, 0) is 19.4 Å². The van der Waals surface area contributed by atoms with Crippen molar-refractivity contribution in [2.24, 2.45) is 0 Å². The summed E-state index contributed by atoms with van der Waals surface area (Å²) in [6, 6.07) is 1.73. The average Bonchev–Trinajstić information content (AvgIpc) is 2.30. The van der Waals surface area contributed by atoms with Crippen molar-refractivity contribution in [2.75, 3.05) is 18.0 Å². The smallest absolute Gasteiger partial charge is 0.225 e. The Morgan fingerprint density at radius 3 is 2.80 bits per heavy atom. The highest BCUT2D eigenvalue weighted by molar-refractivity contribution is 5.29. The Labute approximate surface area is 91.0 Å². The molecule has 0 radical (unpaired) electrons. The van der Waals surface area contributed by atoms with Crippen LogP contribution in [-0.2, 0) is 6.61 Å². The molecule has 0 saturated heterocycles. The summed E-state index contributed by atoms with van der Waals surface area (Å²) in [7, 11) is 0. The highest BCUT2D eigenvalue weighted by Gasteiger charge is 2.06. The Balaban J connectivity index is 2.72. The number of hydrogen-bond donors (Lipinski definition) is 1. The molecule has 1 rings (SSSR count). The van der Waals surface area contributed by atoms with Gasteiger partial charge in [0.2, 0.25) is 5.95 Å². The molecule has 4 nitrogen and oxygen atoms in total. The van der Waals surface area contributed by atoms with E-state index < -0.39 is 0 Å². The first-order valence-corrected chi connectivity index (χ1v) is 5.49. The van der Waals surface area contributed by atoms with Gasteiger partial charge in [0.25, 0.3) is 0 Å². The Morgan fingerprint density at radius 1 is 1.40 bits per heavy atom. The fourth-order valence-corrected chi connectivity index (χ4v) is 1.37. The number of aromatic nitrogens is 2. The fraction of sp³-hybridized carbons (Fsp3) is 0.636. The third kappa shape index (κ3) is 3.47. The molecule has 4 heteroatoms. The minimum atomic E-state index is -0.0269. The van der Waals surface area contributed by atoms with Crippen LogP contribution in [-0.4, -0.2) is 28.2 Å². The molecule has 15 heavy (non-hydrogen) atoms. The predicted molar refractivity (Wildman–Crippen MR) is 60.7 cm³/mol. The van der Waals surface area contributed by atoms with Gasteiger partial charge >= 0.3 is 0 Å². The van der Waals surface area contributed by atoms with Gasteiger partial charge in [-0.3, -0.25) is 0 Å². The second-order valence-electron chi connectivity index (χ2n) is 3.44. The summed E-state index contributed by atoms with van der Waals surface area (Å²) in [6.07, 6.45) is 4.00. The molecular weight excluding hydrogens is 190 g/mol. The fourth-order valence-electron chi connectivity index (χ4n) is 1.37. The molecule has 0 amide bonds. The third-order valence-electron chi connectivity index (χ3n) is 2.31. The Hall–Kier alpha value is -1.16. The minimum Gasteiger partial charge on any atom is -0.390 e. The van der Waals surface area contributed by atoms with Crippen molar-refractivity contribution < 1.29 is 5.11 Å². The lowest BCUT2D eigenvalue weighted by atomic mass is 10.3. The zero-order chi connectivity index (χ0) is 11.1.